The molecule has 0 radical (unpaired) electrons. The van der Waals surface area contributed by atoms with Gasteiger partial charge in [-0.1, -0.05) is 11.6 Å². The second-order valence-electron chi connectivity index (χ2n) is 3.61. The number of amides is 1. The van der Waals surface area contributed by atoms with Gasteiger partial charge in [-0.3, -0.25) is 9.59 Å². The Labute approximate surface area is 112 Å². The van der Waals surface area contributed by atoms with E-state index in [1.54, 1.807) is 24.3 Å². The highest BCUT2D eigenvalue weighted by molar-refractivity contribution is 6.30. The molecule has 0 fully saturated rings. The summed E-state index contributed by atoms with van der Waals surface area (Å²) in [5.74, 6) is -1.26. The Kier molecular flexibility index (Phi) is 3.76. The van der Waals surface area contributed by atoms with E-state index in [1.165, 1.54) is 6.20 Å². The van der Waals surface area contributed by atoms with Crippen molar-refractivity contribution in [3.05, 3.63) is 41.0 Å². The quantitative estimate of drug-likeness (QED) is 0.879. The molecule has 7 nitrogen and oxygen atoms in total. The fourth-order valence-corrected chi connectivity index (χ4v) is 1.47. The first-order valence-corrected chi connectivity index (χ1v) is 5.61. The zero-order valence-electron chi connectivity index (χ0n) is 9.58. The standard InChI is InChI=1S/C11H9ClN4O3/c12-8-3-1-7(2-4-8)11(19)14-9-5-13-16(15-9)6-10(17)18/h1-5H,6H2,(H,17,18)(H,14,15,19). The number of hydrogen-bond donors (Lipinski definition) is 2. The van der Waals surface area contributed by atoms with Crippen molar-refractivity contribution in [2.45, 2.75) is 6.54 Å². The predicted octanol–water partition coefficient (Wildman–Crippen LogP) is 1.27. The lowest BCUT2D eigenvalue weighted by molar-refractivity contribution is -0.138. The Morgan fingerprint density at radius 3 is 2.63 bits per heavy atom. The Bertz CT molecular complexity index is 609. The van der Waals surface area contributed by atoms with Crippen LogP contribution in [0.4, 0.5) is 5.82 Å². The number of nitrogens with one attached hydrogen (secondary N) is 1. The zero-order valence-corrected chi connectivity index (χ0v) is 10.3. The fourth-order valence-electron chi connectivity index (χ4n) is 1.34. The number of carboxylic acids is 1. The second kappa shape index (κ2) is 5.49. The second-order valence-corrected chi connectivity index (χ2v) is 4.05. The van der Waals surface area contributed by atoms with Crippen molar-refractivity contribution < 1.29 is 14.7 Å². The molecule has 0 atom stereocenters. The summed E-state index contributed by atoms with van der Waals surface area (Å²) in [5, 5.41) is 19.1. The summed E-state index contributed by atoms with van der Waals surface area (Å²) in [4.78, 5) is 23.2. The van der Waals surface area contributed by atoms with E-state index in [0.29, 0.717) is 10.6 Å². The van der Waals surface area contributed by atoms with Crippen LogP contribution in [0.25, 0.3) is 0 Å². The van der Waals surface area contributed by atoms with Crippen molar-refractivity contribution in [3.63, 3.8) is 0 Å². The number of carboxylic acid groups (broad SMARTS) is 1. The summed E-state index contributed by atoms with van der Waals surface area (Å²) < 4.78 is 0. The molecule has 0 saturated heterocycles. The van der Waals surface area contributed by atoms with E-state index in [2.05, 4.69) is 15.5 Å². The molecule has 1 aromatic heterocycles. The van der Waals surface area contributed by atoms with Crippen molar-refractivity contribution >= 4 is 29.3 Å². The topological polar surface area (TPSA) is 97.1 Å². The van der Waals surface area contributed by atoms with Gasteiger partial charge >= 0.3 is 5.97 Å². The third kappa shape index (κ3) is 3.52. The Balaban J connectivity index is 2.04. The molecular formula is C11H9ClN4O3. The number of anilines is 1. The van der Waals surface area contributed by atoms with Gasteiger partial charge in [-0.25, -0.2) is 0 Å². The highest BCUT2D eigenvalue weighted by atomic mass is 35.5. The lowest BCUT2D eigenvalue weighted by Gasteiger charge is -2.01. The maximum absolute atomic E-state index is 11.8. The van der Waals surface area contributed by atoms with Gasteiger partial charge in [0.2, 0.25) is 0 Å². The van der Waals surface area contributed by atoms with E-state index in [1.807, 2.05) is 0 Å². The van der Waals surface area contributed by atoms with Crippen molar-refractivity contribution in [3.8, 4) is 0 Å². The summed E-state index contributed by atoms with van der Waals surface area (Å²) in [7, 11) is 0. The average Bonchev–Trinajstić information content (AvgIpc) is 2.76. The highest BCUT2D eigenvalue weighted by Crippen LogP contribution is 2.11. The summed E-state index contributed by atoms with van der Waals surface area (Å²) in [5.41, 5.74) is 0.414. The minimum atomic E-state index is -1.06. The highest BCUT2D eigenvalue weighted by Gasteiger charge is 2.09. The molecule has 2 rings (SSSR count). The molecular weight excluding hydrogens is 272 g/mol. The van der Waals surface area contributed by atoms with Gasteiger partial charge in [-0.15, -0.1) is 5.10 Å². The molecule has 1 aromatic carbocycles. The zero-order chi connectivity index (χ0) is 13.8. The Morgan fingerprint density at radius 1 is 1.32 bits per heavy atom. The van der Waals surface area contributed by atoms with Crippen molar-refractivity contribution in [1.29, 1.82) is 0 Å². The molecule has 0 aliphatic carbocycles. The molecule has 2 N–H and O–H groups in total. The molecule has 1 amide bonds. The lowest BCUT2D eigenvalue weighted by Crippen LogP contribution is -2.14. The van der Waals surface area contributed by atoms with E-state index in [-0.39, 0.29) is 18.3 Å². The van der Waals surface area contributed by atoms with Crippen LogP contribution in [0.1, 0.15) is 10.4 Å². The first-order chi connectivity index (χ1) is 9.04. The minimum Gasteiger partial charge on any atom is -0.480 e. The van der Waals surface area contributed by atoms with Gasteiger partial charge in [0.15, 0.2) is 12.4 Å². The normalized spacial score (nSPS) is 10.2. The number of benzene rings is 1. The van der Waals surface area contributed by atoms with Gasteiger partial charge in [-0.2, -0.15) is 9.90 Å². The summed E-state index contributed by atoms with van der Waals surface area (Å²) in [6, 6.07) is 6.33. The van der Waals surface area contributed by atoms with Crippen LogP contribution in [0.5, 0.6) is 0 Å². The van der Waals surface area contributed by atoms with Crippen LogP contribution >= 0.6 is 11.6 Å². The van der Waals surface area contributed by atoms with Crippen LogP contribution in [-0.2, 0) is 11.3 Å². The third-order valence-electron chi connectivity index (χ3n) is 2.16. The largest absolute Gasteiger partial charge is 0.480 e. The SMILES string of the molecule is O=C(O)Cn1ncc(NC(=O)c2ccc(Cl)cc2)n1. The molecule has 0 aliphatic rings. The van der Waals surface area contributed by atoms with Crippen molar-refractivity contribution in [1.82, 2.24) is 15.0 Å². The number of rotatable bonds is 4. The number of aliphatic carboxylic acids is 1. The van der Waals surface area contributed by atoms with Crippen LogP contribution in [-0.4, -0.2) is 32.0 Å². The number of aromatic nitrogens is 3. The van der Waals surface area contributed by atoms with Crippen LogP contribution in [0.15, 0.2) is 30.5 Å². The number of hydrogen-bond acceptors (Lipinski definition) is 4. The first kappa shape index (κ1) is 13.0. The van der Waals surface area contributed by atoms with Crippen molar-refractivity contribution in [2.24, 2.45) is 0 Å². The molecule has 8 heteroatoms. The van der Waals surface area contributed by atoms with Crippen LogP contribution in [0.3, 0.4) is 0 Å². The molecule has 98 valence electrons. The molecule has 2 aromatic rings. The number of carbonyl (C=O) groups is 2. The summed E-state index contributed by atoms with van der Waals surface area (Å²) >= 11 is 5.72. The average molecular weight is 281 g/mol. The molecule has 0 aliphatic heterocycles. The lowest BCUT2D eigenvalue weighted by atomic mass is 10.2. The Hall–Kier alpha value is -2.41. The van der Waals surface area contributed by atoms with Gasteiger partial charge in [0.1, 0.15) is 0 Å². The van der Waals surface area contributed by atoms with E-state index in [0.717, 1.165) is 4.80 Å². The predicted molar refractivity (Wildman–Crippen MR) is 67.1 cm³/mol. The van der Waals surface area contributed by atoms with E-state index in [4.69, 9.17) is 16.7 Å². The maximum Gasteiger partial charge on any atom is 0.327 e. The van der Waals surface area contributed by atoms with E-state index in [9.17, 15) is 9.59 Å². The van der Waals surface area contributed by atoms with E-state index < -0.39 is 5.97 Å². The van der Waals surface area contributed by atoms with E-state index >= 15 is 0 Å². The Morgan fingerprint density at radius 2 is 2.00 bits per heavy atom. The maximum atomic E-state index is 11.8. The monoisotopic (exact) mass is 280 g/mol. The van der Waals surface area contributed by atoms with Gasteiger partial charge in [0, 0.05) is 10.6 Å². The van der Waals surface area contributed by atoms with Gasteiger partial charge < -0.3 is 10.4 Å². The molecule has 0 spiro atoms. The number of halogens is 1. The third-order valence-corrected chi connectivity index (χ3v) is 2.41. The summed E-state index contributed by atoms with van der Waals surface area (Å²) in [6.07, 6.45) is 1.27. The molecule has 0 saturated carbocycles. The first-order valence-electron chi connectivity index (χ1n) is 5.23. The molecule has 19 heavy (non-hydrogen) atoms. The number of nitrogens with zero attached hydrogens (tertiary/aromatic N) is 3. The molecule has 0 unspecified atom stereocenters. The smallest absolute Gasteiger partial charge is 0.327 e. The van der Waals surface area contributed by atoms with Gasteiger partial charge in [0.05, 0.1) is 6.20 Å². The molecule has 0 bridgehead atoms. The van der Waals surface area contributed by atoms with Crippen LogP contribution < -0.4 is 5.32 Å². The fraction of sp³-hybridized carbons (Fsp3) is 0.0909. The van der Waals surface area contributed by atoms with Crippen molar-refractivity contribution in [2.75, 3.05) is 5.32 Å². The van der Waals surface area contributed by atoms with Gasteiger partial charge in [-0.05, 0) is 24.3 Å². The van der Waals surface area contributed by atoms with Crippen LogP contribution in [0, 0.1) is 0 Å². The molecule has 1 heterocycles. The minimum absolute atomic E-state index is 0.182. The summed E-state index contributed by atoms with van der Waals surface area (Å²) in [6.45, 7) is -0.364. The van der Waals surface area contributed by atoms with Gasteiger partial charge in [0.25, 0.3) is 5.91 Å². The number of carbonyl (C=O) groups excluding carboxylic acids is 1. The van der Waals surface area contributed by atoms with Crippen LogP contribution in [0.2, 0.25) is 5.02 Å².